The highest BCUT2D eigenvalue weighted by atomic mass is 32.2. The molecule has 0 aliphatic heterocycles. The fraction of sp³-hybridized carbons (Fsp3) is 0.435. The fourth-order valence-electron chi connectivity index (χ4n) is 3.91. The van der Waals surface area contributed by atoms with Crippen LogP contribution in [-0.2, 0) is 34.2 Å². The van der Waals surface area contributed by atoms with Crippen molar-refractivity contribution in [2.24, 2.45) is 0 Å². The van der Waals surface area contributed by atoms with E-state index in [1.165, 1.54) is 58.9 Å². The van der Waals surface area contributed by atoms with Gasteiger partial charge >= 0.3 is 5.97 Å². The smallest absolute Gasteiger partial charge is 0.338 e. The predicted octanol–water partition coefficient (Wildman–Crippen LogP) is 3.93. The van der Waals surface area contributed by atoms with Crippen LogP contribution in [0.1, 0.15) is 59.7 Å². The summed E-state index contributed by atoms with van der Waals surface area (Å²) >= 11 is 1.64. The minimum atomic E-state index is -3.71. The first-order chi connectivity index (χ1) is 15.7. The van der Waals surface area contributed by atoms with Crippen molar-refractivity contribution in [1.82, 2.24) is 14.3 Å². The Balaban J connectivity index is 1.52. The van der Waals surface area contributed by atoms with Crippen molar-refractivity contribution in [3.8, 4) is 0 Å². The Bertz CT molecular complexity index is 1300. The minimum Gasteiger partial charge on any atom is -0.454 e. The molecule has 1 aliphatic carbocycles. The molecule has 0 saturated carbocycles. The van der Waals surface area contributed by atoms with Crippen molar-refractivity contribution < 1.29 is 17.9 Å². The third-order valence-corrected chi connectivity index (χ3v) is 9.16. The first-order valence-corrected chi connectivity index (χ1v) is 13.3. The lowest BCUT2D eigenvalue weighted by molar-refractivity contribution is 0.0462. The molecule has 10 heteroatoms. The van der Waals surface area contributed by atoms with E-state index < -0.39 is 16.0 Å². The number of fused-ring (bicyclic) bond motifs is 3. The molecule has 8 nitrogen and oxygen atoms in total. The van der Waals surface area contributed by atoms with E-state index in [1.807, 2.05) is 0 Å². The number of ether oxygens (including phenoxy) is 1. The number of aromatic nitrogens is 2. The molecule has 4 rings (SSSR count). The first kappa shape index (κ1) is 23.6. The van der Waals surface area contributed by atoms with Gasteiger partial charge in [-0.1, -0.05) is 12.5 Å². The van der Waals surface area contributed by atoms with E-state index >= 15 is 0 Å². The number of sulfonamides is 1. The van der Waals surface area contributed by atoms with Crippen LogP contribution in [0, 0.1) is 0 Å². The van der Waals surface area contributed by atoms with E-state index in [0.717, 1.165) is 29.5 Å². The number of nitrogens with two attached hydrogens (primary N) is 1. The number of benzene rings is 1. The Morgan fingerprint density at radius 1 is 1.21 bits per heavy atom. The highest BCUT2D eigenvalue weighted by Crippen LogP contribution is 2.37. The van der Waals surface area contributed by atoms with E-state index in [9.17, 15) is 13.2 Å². The quantitative estimate of drug-likeness (QED) is 0.413. The monoisotopic (exact) mass is 488 g/mol. The average Bonchev–Trinajstić information content (AvgIpc) is 2.98. The summed E-state index contributed by atoms with van der Waals surface area (Å²) < 4.78 is 32.1. The lowest BCUT2D eigenvalue weighted by Crippen LogP contribution is -2.33. The largest absolute Gasteiger partial charge is 0.454 e. The zero-order valence-electron chi connectivity index (χ0n) is 19.0. The Kier molecular flexibility index (Phi) is 6.69. The second-order valence-electron chi connectivity index (χ2n) is 8.49. The van der Waals surface area contributed by atoms with Crippen LogP contribution in [0.15, 0.2) is 29.2 Å². The molecular weight excluding hydrogens is 460 g/mol. The van der Waals surface area contributed by atoms with E-state index in [1.54, 1.807) is 25.2 Å². The molecule has 0 bridgehead atoms. The number of aryl methyl sites for hydroxylation is 2. The van der Waals surface area contributed by atoms with Crippen LogP contribution in [0.3, 0.4) is 0 Å². The maximum Gasteiger partial charge on any atom is 0.338 e. The molecule has 1 aliphatic rings. The Hall–Kier alpha value is -2.56. The molecule has 3 aromatic rings. The van der Waals surface area contributed by atoms with Gasteiger partial charge in [0.25, 0.3) is 0 Å². The number of hydrogen-bond acceptors (Lipinski definition) is 8. The van der Waals surface area contributed by atoms with Gasteiger partial charge in [0.2, 0.25) is 10.0 Å². The number of hydrogen-bond donors (Lipinski definition) is 1. The standard InChI is InChI=1S/C23H28N4O4S2/c1-14(2)27(3)33(29,30)16-9-7-8-15(12-16)23(28)31-13-19-25-21(24)20-17-10-5-4-6-11-18(17)32-22(20)26-19/h7-9,12,14H,4-6,10-11,13H2,1-3H3,(H2,24,25,26). The summed E-state index contributed by atoms with van der Waals surface area (Å²) in [6.07, 6.45) is 5.54. The van der Waals surface area contributed by atoms with Crippen molar-refractivity contribution in [3.05, 3.63) is 46.1 Å². The van der Waals surface area contributed by atoms with Crippen molar-refractivity contribution >= 4 is 43.4 Å². The molecule has 0 atom stereocenters. The molecule has 0 radical (unpaired) electrons. The molecule has 0 spiro atoms. The van der Waals surface area contributed by atoms with Crippen molar-refractivity contribution in [2.45, 2.75) is 63.5 Å². The third kappa shape index (κ3) is 4.73. The summed E-state index contributed by atoms with van der Waals surface area (Å²) in [5.41, 5.74) is 7.66. The predicted molar refractivity (Wildman–Crippen MR) is 129 cm³/mol. The topological polar surface area (TPSA) is 115 Å². The number of rotatable bonds is 6. The second kappa shape index (κ2) is 9.36. The lowest BCUT2D eigenvalue weighted by Gasteiger charge is -2.21. The van der Waals surface area contributed by atoms with Crippen molar-refractivity contribution in [3.63, 3.8) is 0 Å². The summed E-state index contributed by atoms with van der Waals surface area (Å²) in [5.74, 6) is 0.0896. The number of esters is 1. The zero-order chi connectivity index (χ0) is 23.8. The fourth-order valence-corrected chi connectivity index (χ4v) is 6.62. The van der Waals surface area contributed by atoms with Gasteiger partial charge in [-0.3, -0.25) is 0 Å². The van der Waals surface area contributed by atoms with Gasteiger partial charge in [-0.05, 0) is 63.3 Å². The molecule has 2 heterocycles. The van der Waals surface area contributed by atoms with Crippen LogP contribution in [0.5, 0.6) is 0 Å². The number of thiophene rings is 1. The average molecular weight is 489 g/mol. The van der Waals surface area contributed by atoms with Crippen LogP contribution in [0.25, 0.3) is 10.2 Å². The van der Waals surface area contributed by atoms with Gasteiger partial charge < -0.3 is 10.5 Å². The first-order valence-electron chi connectivity index (χ1n) is 11.0. The molecule has 0 amide bonds. The lowest BCUT2D eigenvalue weighted by atomic mass is 10.1. The van der Waals surface area contributed by atoms with Gasteiger partial charge in [0, 0.05) is 18.0 Å². The molecule has 1 aromatic carbocycles. The van der Waals surface area contributed by atoms with Crippen molar-refractivity contribution in [2.75, 3.05) is 12.8 Å². The zero-order valence-corrected chi connectivity index (χ0v) is 20.6. The van der Waals surface area contributed by atoms with Gasteiger partial charge in [-0.25, -0.2) is 23.2 Å². The third-order valence-electron chi connectivity index (χ3n) is 5.95. The van der Waals surface area contributed by atoms with Gasteiger partial charge in [-0.2, -0.15) is 4.31 Å². The summed E-state index contributed by atoms with van der Waals surface area (Å²) in [4.78, 5) is 23.8. The molecule has 2 N–H and O–H groups in total. The van der Waals surface area contributed by atoms with E-state index in [2.05, 4.69) is 9.97 Å². The number of nitrogen functional groups attached to an aromatic ring is 1. The Morgan fingerprint density at radius 2 is 1.97 bits per heavy atom. The maximum absolute atomic E-state index is 12.7. The Labute approximate surface area is 197 Å². The summed E-state index contributed by atoms with van der Waals surface area (Å²) in [6, 6.07) is 5.62. The molecule has 0 fully saturated rings. The Morgan fingerprint density at radius 3 is 2.73 bits per heavy atom. The van der Waals surface area contributed by atoms with Crippen LogP contribution >= 0.6 is 11.3 Å². The second-order valence-corrected chi connectivity index (χ2v) is 11.6. The molecule has 2 aromatic heterocycles. The summed E-state index contributed by atoms with van der Waals surface area (Å²) in [5, 5.41) is 0.930. The van der Waals surface area contributed by atoms with Gasteiger partial charge in [0.1, 0.15) is 10.6 Å². The highest BCUT2D eigenvalue weighted by Gasteiger charge is 2.24. The SMILES string of the molecule is CC(C)N(C)S(=O)(=O)c1cccc(C(=O)OCc2nc(N)c3c4c(sc3n2)CCCCC4)c1. The number of nitrogens with zero attached hydrogens (tertiary/aromatic N) is 3. The molecule has 0 saturated heterocycles. The maximum atomic E-state index is 12.7. The molecular formula is C23H28N4O4S2. The van der Waals surface area contributed by atoms with E-state index in [-0.39, 0.29) is 23.1 Å². The molecule has 33 heavy (non-hydrogen) atoms. The number of carbonyl (C=O) groups is 1. The molecule has 176 valence electrons. The summed E-state index contributed by atoms with van der Waals surface area (Å²) in [7, 11) is -2.20. The van der Waals surface area contributed by atoms with Crippen molar-refractivity contribution in [1.29, 1.82) is 0 Å². The number of anilines is 1. The van der Waals surface area contributed by atoms with Gasteiger partial charge in [0.15, 0.2) is 12.4 Å². The minimum absolute atomic E-state index is 0.0372. The van der Waals surface area contributed by atoms with E-state index in [0.29, 0.717) is 11.6 Å². The van der Waals surface area contributed by atoms with Crippen LogP contribution < -0.4 is 5.73 Å². The molecule has 0 unspecified atom stereocenters. The van der Waals surface area contributed by atoms with Gasteiger partial charge in [-0.15, -0.1) is 11.3 Å². The number of carbonyl (C=O) groups excluding carboxylic acids is 1. The van der Waals surface area contributed by atoms with Crippen LogP contribution in [0.4, 0.5) is 5.82 Å². The summed E-state index contributed by atoms with van der Waals surface area (Å²) in [6.45, 7) is 3.41. The van der Waals surface area contributed by atoms with Crippen LogP contribution in [-0.4, -0.2) is 41.7 Å². The highest BCUT2D eigenvalue weighted by molar-refractivity contribution is 7.89. The van der Waals surface area contributed by atoms with E-state index in [4.69, 9.17) is 10.5 Å². The normalized spacial score (nSPS) is 14.5. The van der Waals surface area contributed by atoms with Gasteiger partial charge in [0.05, 0.1) is 15.8 Å². The van der Waals surface area contributed by atoms with Crippen LogP contribution in [0.2, 0.25) is 0 Å².